The largest absolute Gasteiger partial charge is 0.756 e. The van der Waals surface area contributed by atoms with Crippen molar-refractivity contribution >= 4 is 19.8 Å². The van der Waals surface area contributed by atoms with Crippen molar-refractivity contribution in [2.24, 2.45) is 0 Å². The lowest BCUT2D eigenvalue weighted by molar-refractivity contribution is -0.870. The van der Waals surface area contributed by atoms with Crippen LogP contribution in [0.2, 0.25) is 0 Å². The summed E-state index contributed by atoms with van der Waals surface area (Å²) in [6.07, 6.45) is 56.4. The lowest BCUT2D eigenvalue weighted by atomic mass is 10.0. The predicted molar refractivity (Wildman–Crippen MR) is 278 cm³/mol. The summed E-state index contributed by atoms with van der Waals surface area (Å²) in [4.78, 5) is 37.8. The number of esters is 2. The van der Waals surface area contributed by atoms with Gasteiger partial charge >= 0.3 is 11.9 Å². The number of rotatable bonds is 52. The normalized spacial score (nSPS) is 13.5. The van der Waals surface area contributed by atoms with E-state index in [4.69, 9.17) is 18.5 Å². The van der Waals surface area contributed by atoms with E-state index in [0.29, 0.717) is 17.4 Å². The van der Waals surface area contributed by atoms with Crippen LogP contribution in [0.4, 0.5) is 0 Å². The number of carbonyl (C=O) groups is 2. The fraction of sp³-hybridized carbons (Fsp3) is 0.893. The van der Waals surface area contributed by atoms with Crippen molar-refractivity contribution in [3.63, 3.8) is 0 Å². The van der Waals surface area contributed by atoms with Crippen LogP contribution in [0, 0.1) is 0 Å². The molecule has 0 radical (unpaired) electrons. The first-order valence-corrected chi connectivity index (χ1v) is 29.5. The van der Waals surface area contributed by atoms with Gasteiger partial charge in [-0.2, -0.15) is 0 Å². The molecule has 0 bridgehead atoms. The third-order valence-corrected chi connectivity index (χ3v) is 13.4. The maximum Gasteiger partial charge on any atom is 0.306 e. The zero-order valence-electron chi connectivity index (χ0n) is 44.2. The summed E-state index contributed by atoms with van der Waals surface area (Å²) in [6, 6.07) is 0. The molecule has 0 aromatic carbocycles. The molecule has 66 heavy (non-hydrogen) atoms. The van der Waals surface area contributed by atoms with Gasteiger partial charge in [-0.25, -0.2) is 0 Å². The van der Waals surface area contributed by atoms with Crippen molar-refractivity contribution < 1.29 is 42.1 Å². The number of likely N-dealkylation sites (N-methyl/N-ethyl adjacent to an activating group) is 1. The van der Waals surface area contributed by atoms with Crippen LogP contribution in [-0.4, -0.2) is 70.0 Å². The molecule has 0 spiro atoms. The molecule has 2 atom stereocenters. The maximum absolute atomic E-state index is 12.8. The van der Waals surface area contributed by atoms with Crippen molar-refractivity contribution in [1.82, 2.24) is 0 Å². The fourth-order valence-corrected chi connectivity index (χ4v) is 8.83. The average molecular weight is 954 g/mol. The second kappa shape index (κ2) is 48.5. The molecule has 0 heterocycles. The number of hydrogen-bond acceptors (Lipinski definition) is 8. The van der Waals surface area contributed by atoms with Gasteiger partial charge in [0.2, 0.25) is 0 Å². The number of unbranched alkanes of at least 4 members (excludes halogenated alkanes) is 34. The lowest BCUT2D eigenvalue weighted by Gasteiger charge is -2.28. The van der Waals surface area contributed by atoms with Crippen molar-refractivity contribution in [2.45, 2.75) is 277 Å². The van der Waals surface area contributed by atoms with Crippen LogP contribution in [0.25, 0.3) is 0 Å². The molecular weight excluding hydrogens is 846 g/mol. The van der Waals surface area contributed by atoms with E-state index in [-0.39, 0.29) is 32.0 Å². The van der Waals surface area contributed by atoms with E-state index in [1.54, 1.807) is 0 Å². The number of phosphoric acid groups is 1. The zero-order chi connectivity index (χ0) is 48.5. The highest BCUT2D eigenvalue weighted by Crippen LogP contribution is 2.38. The molecule has 0 saturated carbocycles. The molecule has 0 aromatic rings. The minimum atomic E-state index is -4.63. The molecule has 2 unspecified atom stereocenters. The van der Waals surface area contributed by atoms with E-state index in [1.165, 1.54) is 193 Å². The Bertz CT molecular complexity index is 1170. The van der Waals surface area contributed by atoms with Crippen LogP contribution in [0.3, 0.4) is 0 Å². The van der Waals surface area contributed by atoms with Gasteiger partial charge in [0, 0.05) is 12.8 Å². The van der Waals surface area contributed by atoms with E-state index in [9.17, 15) is 19.0 Å². The molecule has 0 aliphatic rings. The van der Waals surface area contributed by atoms with Gasteiger partial charge in [0.05, 0.1) is 27.7 Å². The number of carbonyl (C=O) groups excluding carboxylic acids is 2. The van der Waals surface area contributed by atoms with Gasteiger partial charge in [-0.3, -0.25) is 14.2 Å². The summed E-state index contributed by atoms with van der Waals surface area (Å²) < 4.78 is 34.1. The van der Waals surface area contributed by atoms with E-state index >= 15 is 0 Å². The minimum absolute atomic E-state index is 0.0286. The smallest absolute Gasteiger partial charge is 0.306 e. The average Bonchev–Trinajstić information content (AvgIpc) is 3.27. The molecular formula is C56H108NO8P. The summed E-state index contributed by atoms with van der Waals surface area (Å²) in [7, 11) is 1.18. The van der Waals surface area contributed by atoms with Crippen molar-refractivity contribution in [3.05, 3.63) is 24.3 Å². The third kappa shape index (κ3) is 51.9. The Balaban J connectivity index is 4.17. The van der Waals surface area contributed by atoms with E-state index < -0.39 is 26.5 Å². The quantitative estimate of drug-likeness (QED) is 0.0195. The first-order chi connectivity index (χ1) is 32.0. The molecule has 0 aliphatic heterocycles. The van der Waals surface area contributed by atoms with Gasteiger partial charge in [0.15, 0.2) is 6.10 Å². The van der Waals surface area contributed by atoms with E-state index in [2.05, 4.69) is 38.2 Å². The van der Waals surface area contributed by atoms with Crippen LogP contribution in [0.5, 0.6) is 0 Å². The summed E-state index contributed by atoms with van der Waals surface area (Å²) in [5.74, 6) is -0.821. The van der Waals surface area contributed by atoms with Crippen molar-refractivity contribution in [2.75, 3.05) is 47.5 Å². The van der Waals surface area contributed by atoms with Crippen molar-refractivity contribution in [3.8, 4) is 0 Å². The third-order valence-electron chi connectivity index (χ3n) is 12.5. The van der Waals surface area contributed by atoms with Gasteiger partial charge in [-0.05, 0) is 44.9 Å². The number of hydrogen-bond donors (Lipinski definition) is 0. The van der Waals surface area contributed by atoms with Crippen LogP contribution < -0.4 is 4.89 Å². The van der Waals surface area contributed by atoms with Gasteiger partial charge in [0.25, 0.3) is 7.82 Å². The highest BCUT2D eigenvalue weighted by molar-refractivity contribution is 7.45. The molecule has 0 N–H and O–H groups in total. The maximum atomic E-state index is 12.8. The Hall–Kier alpha value is -1.51. The predicted octanol–water partition coefficient (Wildman–Crippen LogP) is 16.4. The van der Waals surface area contributed by atoms with Gasteiger partial charge < -0.3 is 27.9 Å². The SMILES string of the molecule is CCCCCCC/C=C\C/C=C\CCCCCCCCCCCCCC(=O)OC(COC(=O)CCCCCCCCCCCCCCCCCCCCC)COP(=O)([O-])OCC[N+](C)(C)C. The minimum Gasteiger partial charge on any atom is -0.756 e. The highest BCUT2D eigenvalue weighted by Gasteiger charge is 2.22. The zero-order valence-corrected chi connectivity index (χ0v) is 45.1. The lowest BCUT2D eigenvalue weighted by Crippen LogP contribution is -2.37. The number of ether oxygens (including phenoxy) is 2. The van der Waals surface area contributed by atoms with E-state index in [1.807, 2.05) is 21.1 Å². The summed E-state index contributed by atoms with van der Waals surface area (Å²) in [6.45, 7) is 4.27. The Labute approximate surface area is 409 Å². The second-order valence-corrected chi connectivity index (χ2v) is 21.7. The molecule has 0 fully saturated rings. The Morgan fingerprint density at radius 1 is 0.470 bits per heavy atom. The van der Waals surface area contributed by atoms with Crippen molar-refractivity contribution in [1.29, 1.82) is 0 Å². The number of quaternary nitrogens is 1. The standard InChI is InChI=1S/C56H108NO8P/c1-6-8-10-12-14-16-18-20-22-24-26-27-28-29-31-33-35-37-39-41-43-45-47-49-56(59)65-54(53-64-66(60,61)63-51-50-57(3,4)5)52-62-55(58)48-46-44-42-40-38-36-34-32-30-25-23-21-19-17-15-13-11-9-7-2/h18,20,24,26,54H,6-17,19,21-23,25,27-53H2,1-5H3/b20-18-,26-24-. The summed E-state index contributed by atoms with van der Waals surface area (Å²) in [5.41, 5.74) is 0. The van der Waals surface area contributed by atoms with Crippen LogP contribution in [0.15, 0.2) is 24.3 Å². The number of nitrogens with zero attached hydrogens (tertiary/aromatic N) is 1. The fourth-order valence-electron chi connectivity index (χ4n) is 8.10. The monoisotopic (exact) mass is 954 g/mol. The molecule has 10 heteroatoms. The first-order valence-electron chi connectivity index (χ1n) is 28.0. The molecule has 390 valence electrons. The Morgan fingerprint density at radius 3 is 1.20 bits per heavy atom. The molecule has 0 aromatic heterocycles. The number of phosphoric ester groups is 1. The van der Waals surface area contributed by atoms with Gasteiger partial charge in [-0.15, -0.1) is 0 Å². The molecule has 0 saturated heterocycles. The van der Waals surface area contributed by atoms with E-state index in [0.717, 1.165) is 44.9 Å². The molecule has 0 rings (SSSR count). The first kappa shape index (κ1) is 64.5. The summed E-state index contributed by atoms with van der Waals surface area (Å²) in [5, 5.41) is 0. The number of allylic oxidation sites excluding steroid dienone is 4. The summed E-state index contributed by atoms with van der Waals surface area (Å²) >= 11 is 0. The Morgan fingerprint density at radius 2 is 0.818 bits per heavy atom. The van der Waals surface area contributed by atoms with Gasteiger partial charge in [-0.1, -0.05) is 237 Å². The highest BCUT2D eigenvalue weighted by atomic mass is 31.2. The van der Waals surface area contributed by atoms with Crippen LogP contribution >= 0.6 is 7.82 Å². The second-order valence-electron chi connectivity index (χ2n) is 20.3. The molecule has 9 nitrogen and oxygen atoms in total. The van der Waals surface area contributed by atoms with Gasteiger partial charge in [0.1, 0.15) is 19.8 Å². The van der Waals surface area contributed by atoms with Crippen LogP contribution in [-0.2, 0) is 32.7 Å². The topological polar surface area (TPSA) is 111 Å². The molecule has 0 aliphatic carbocycles. The molecule has 0 amide bonds. The Kier molecular flexibility index (Phi) is 47.4. The van der Waals surface area contributed by atoms with Crippen LogP contribution in [0.1, 0.15) is 271 Å².